The van der Waals surface area contributed by atoms with Crippen molar-refractivity contribution in [1.82, 2.24) is 47.5 Å². The Hall–Kier alpha value is -11.6. The van der Waals surface area contributed by atoms with Gasteiger partial charge in [0.15, 0.2) is 0 Å². The number of benzene rings is 3. The first kappa shape index (κ1) is 74.2. The largest absolute Gasteiger partial charge is 0.497 e. The van der Waals surface area contributed by atoms with Gasteiger partial charge >= 0.3 is 17.6 Å². The average molecular weight is 1330 g/mol. The first-order valence-corrected chi connectivity index (χ1v) is 29.6. The lowest BCUT2D eigenvalue weighted by molar-refractivity contribution is -0.393. The Morgan fingerprint density at radius 3 is 1.82 bits per heavy atom. The molecule has 0 bridgehead atoms. The molecule has 5 rings (SSSR count). The first-order chi connectivity index (χ1) is 44.8. The molecule has 35 heteroatoms. The smallest absolute Gasteiger partial charge is 0.336 e. The number of primary amides is 2. The third-order valence-corrected chi connectivity index (χ3v) is 14.7. The van der Waals surface area contributed by atoms with Crippen molar-refractivity contribution in [1.29, 1.82) is 0 Å². The number of nitrogens with zero attached hydrogens (tertiary/aromatic N) is 2. The number of anilines is 1. The summed E-state index contributed by atoms with van der Waals surface area (Å²) < 4.78 is 10.4. The molecule has 0 fully saturated rings. The fourth-order valence-electron chi connectivity index (χ4n) is 9.78. The number of ether oxygens (including phenoxy) is 1. The van der Waals surface area contributed by atoms with Gasteiger partial charge in [-0.25, -0.2) is 4.79 Å². The number of nitro benzene ring substituents is 2. The Labute approximate surface area is 539 Å². The van der Waals surface area contributed by atoms with Crippen molar-refractivity contribution in [2.45, 2.75) is 128 Å². The molecule has 5 aromatic rings. The van der Waals surface area contributed by atoms with Crippen molar-refractivity contribution >= 4 is 110 Å². The monoisotopic (exact) mass is 1330 g/mol. The fourth-order valence-corrected chi connectivity index (χ4v) is 9.78. The molecule has 2 aromatic heterocycles. The number of unbranched alkanes of at least 4 members (excludes halogenated alkanes) is 1. The summed E-state index contributed by atoms with van der Waals surface area (Å²) in [7, 11) is 1.40. The molecular formula is C60H74N14O21. The lowest BCUT2D eigenvalue weighted by Gasteiger charge is -2.28. The zero-order valence-corrected chi connectivity index (χ0v) is 52.1. The molecule has 3 aromatic carbocycles. The fraction of sp³-hybridized carbons (Fsp3) is 0.417. The van der Waals surface area contributed by atoms with Crippen LogP contribution >= 0.6 is 0 Å². The number of carboxylic acids is 2. The summed E-state index contributed by atoms with van der Waals surface area (Å²) in [4.78, 5) is 196. The van der Waals surface area contributed by atoms with Crippen LogP contribution in [-0.2, 0) is 70.4 Å². The summed E-state index contributed by atoms with van der Waals surface area (Å²) in [6.07, 6.45) is -2.00. The number of fused-ring (bicyclic) bond motifs is 2. The molecule has 0 saturated heterocycles. The van der Waals surface area contributed by atoms with Crippen LogP contribution in [0.5, 0.6) is 5.75 Å². The summed E-state index contributed by atoms with van der Waals surface area (Å²) in [5.74, 6) is -15.0. The van der Waals surface area contributed by atoms with E-state index in [0.29, 0.717) is 27.6 Å². The van der Waals surface area contributed by atoms with Crippen LogP contribution < -0.4 is 69.7 Å². The number of nitrogens with one attached hydrogen (secondary N) is 10. The van der Waals surface area contributed by atoms with Gasteiger partial charge in [-0.05, 0) is 72.9 Å². The highest BCUT2D eigenvalue weighted by Crippen LogP contribution is 2.29. The normalized spacial score (nSPS) is 13.3. The van der Waals surface area contributed by atoms with E-state index < -0.39 is 191 Å². The van der Waals surface area contributed by atoms with Gasteiger partial charge < -0.3 is 83.7 Å². The molecule has 16 N–H and O–H groups in total. The number of carboxylic acid groups (broad SMARTS) is 2. The predicted molar refractivity (Wildman–Crippen MR) is 335 cm³/mol. The third kappa shape index (κ3) is 22.4. The molecule has 35 nitrogen and oxygen atoms in total. The van der Waals surface area contributed by atoms with E-state index in [1.165, 1.54) is 46.9 Å². The Morgan fingerprint density at radius 2 is 1.22 bits per heavy atom. The van der Waals surface area contributed by atoms with E-state index in [1.807, 2.05) is 0 Å². The number of amides is 10. The van der Waals surface area contributed by atoms with Gasteiger partial charge in [-0.2, -0.15) is 0 Å². The number of nitro groups is 2. The highest BCUT2D eigenvalue weighted by Gasteiger charge is 2.36. The van der Waals surface area contributed by atoms with Crippen LogP contribution in [0, 0.1) is 32.1 Å². The summed E-state index contributed by atoms with van der Waals surface area (Å²) in [5, 5.41) is 65.1. The second kappa shape index (κ2) is 34.8. The molecule has 0 saturated carbocycles. The van der Waals surface area contributed by atoms with Crippen molar-refractivity contribution in [2.75, 3.05) is 25.5 Å². The maximum absolute atomic E-state index is 14.1. The zero-order chi connectivity index (χ0) is 70.4. The Balaban J connectivity index is 1.25. The van der Waals surface area contributed by atoms with Crippen molar-refractivity contribution in [3.8, 4) is 5.75 Å². The van der Waals surface area contributed by atoms with E-state index in [1.54, 1.807) is 42.6 Å². The standard InChI is InChI=1S/C60H74N14O21/c1-29(2)52(71-47(76)21-31-22-51(82)95-45-24-34(94-5)14-15-36(31)45)59(88)70-43(26-50(80)81)58(87)68-40(17-18-46(61)75)56(85)72-53(30(3)4)60(89)69-42(25-49(78)79)55(84)65-28-48(77)66-41(20-32-27-64-37-11-7-6-10-35(32)37)57(86)67-39(54(62)83)12-8-9-19-63-38-16-13-33(73(90)91)23-44(38)74(92)93/h6-7,10-11,13-16,22-24,27,29-30,39-43,52-53,63-64H,8-9,12,17-21,25-26,28H2,1-5H3,(H2,61,75)(H2,62,83)(H,65,84)(H,66,77)(H,67,86)(H,68,87)(H,69,89)(H,70,88)(H,71,76)(H,72,85)(H,78,79)(H,80,81)/t39-,40-,41-,42-,43-,52-,53-/m0/s1. The summed E-state index contributed by atoms with van der Waals surface area (Å²) >= 11 is 0. The number of non-ortho nitro benzene ring substituents is 1. The van der Waals surface area contributed by atoms with E-state index >= 15 is 0 Å². The van der Waals surface area contributed by atoms with Gasteiger partial charge in [-0.1, -0.05) is 45.9 Å². The van der Waals surface area contributed by atoms with Crippen LogP contribution in [-0.4, -0.2) is 159 Å². The zero-order valence-electron chi connectivity index (χ0n) is 52.1. The number of aliphatic carboxylic acids is 2. The average Bonchev–Trinajstić information content (AvgIpc) is 1.52. The number of nitrogens with two attached hydrogens (primary N) is 2. The number of carbonyl (C=O) groups is 12. The quantitative estimate of drug-likeness (QED) is 0.0104. The number of aromatic nitrogens is 1. The number of hydrogen-bond acceptors (Lipinski definition) is 20. The van der Waals surface area contributed by atoms with Crippen LogP contribution in [0.15, 0.2) is 82.1 Å². The van der Waals surface area contributed by atoms with Crippen molar-refractivity contribution in [2.24, 2.45) is 23.3 Å². The van der Waals surface area contributed by atoms with Crippen LogP contribution in [0.25, 0.3) is 21.9 Å². The molecule has 7 atom stereocenters. The van der Waals surface area contributed by atoms with Gasteiger partial charge in [0, 0.05) is 60.1 Å². The van der Waals surface area contributed by atoms with E-state index in [9.17, 15) is 92.8 Å². The highest BCUT2D eigenvalue weighted by molar-refractivity contribution is 6.00. The first-order valence-electron chi connectivity index (χ1n) is 29.6. The summed E-state index contributed by atoms with van der Waals surface area (Å²) in [5.41, 5.74) is 10.7. The van der Waals surface area contributed by atoms with E-state index in [2.05, 4.69) is 52.8 Å². The molecule has 510 valence electrons. The maximum Gasteiger partial charge on any atom is 0.336 e. The summed E-state index contributed by atoms with van der Waals surface area (Å²) in [6, 6.07) is 4.05. The van der Waals surface area contributed by atoms with Gasteiger partial charge in [-0.3, -0.25) is 77.8 Å². The lowest BCUT2D eigenvalue weighted by Crippen LogP contribution is -2.61. The number of para-hydroxylation sites is 1. The van der Waals surface area contributed by atoms with Crippen LogP contribution in [0.3, 0.4) is 0 Å². The molecule has 2 heterocycles. The number of methoxy groups -OCH3 is 1. The van der Waals surface area contributed by atoms with Crippen LogP contribution in [0.1, 0.15) is 83.8 Å². The second-order valence-corrected chi connectivity index (χ2v) is 22.5. The van der Waals surface area contributed by atoms with Gasteiger partial charge in [0.1, 0.15) is 59.3 Å². The topological polar surface area (TPSA) is 547 Å². The predicted octanol–water partition coefficient (Wildman–Crippen LogP) is -0.311. The van der Waals surface area contributed by atoms with Crippen molar-refractivity contribution in [3.05, 3.63) is 115 Å². The molecule has 0 aliphatic heterocycles. The summed E-state index contributed by atoms with van der Waals surface area (Å²) in [6.45, 7) is 5.06. The maximum atomic E-state index is 14.1. The third-order valence-electron chi connectivity index (χ3n) is 14.7. The van der Waals surface area contributed by atoms with Gasteiger partial charge in [-0.15, -0.1) is 0 Å². The van der Waals surface area contributed by atoms with Crippen molar-refractivity contribution < 1.29 is 86.7 Å². The Morgan fingerprint density at radius 1 is 0.621 bits per heavy atom. The van der Waals surface area contributed by atoms with Crippen molar-refractivity contribution in [3.63, 3.8) is 0 Å². The Kier molecular flexibility index (Phi) is 27.1. The molecule has 0 spiro atoms. The van der Waals surface area contributed by atoms with Gasteiger partial charge in [0.05, 0.1) is 48.8 Å². The number of H-pyrrole nitrogens is 1. The number of rotatable bonds is 38. The molecule has 95 heavy (non-hydrogen) atoms. The number of hydrogen-bond donors (Lipinski definition) is 14. The van der Waals surface area contributed by atoms with Gasteiger partial charge in [0.2, 0.25) is 59.1 Å². The Bertz CT molecular complexity index is 3790. The lowest BCUT2D eigenvalue weighted by atomic mass is 10.0. The van der Waals surface area contributed by atoms with E-state index in [4.69, 9.17) is 20.6 Å². The van der Waals surface area contributed by atoms with E-state index in [-0.39, 0.29) is 49.1 Å². The number of carbonyl (C=O) groups excluding carboxylic acids is 10. The van der Waals surface area contributed by atoms with Gasteiger partial charge in [0.25, 0.3) is 11.4 Å². The highest BCUT2D eigenvalue weighted by atomic mass is 16.6. The molecule has 0 aliphatic carbocycles. The molecule has 10 amide bonds. The van der Waals surface area contributed by atoms with Crippen LogP contribution in [0.2, 0.25) is 0 Å². The van der Waals surface area contributed by atoms with E-state index in [0.717, 1.165) is 18.2 Å². The molecule has 0 unspecified atom stereocenters. The minimum absolute atomic E-state index is 0.00640. The minimum atomic E-state index is -1.96. The number of aromatic amines is 1. The molecule has 0 aliphatic rings. The molecular weight excluding hydrogens is 1250 g/mol. The van der Waals surface area contributed by atoms with Crippen LogP contribution in [0.4, 0.5) is 17.1 Å². The SMILES string of the molecule is COc1ccc2c(CC(=O)N[C@H](C(=O)N[C@@H](CC(=O)O)C(=O)N[C@@H](CCC(N)=O)C(=O)N[C@H](C(=O)N[C@@H](CC(=O)O)C(=O)NCC(=O)N[C@@H](Cc3c[nH]c4ccccc34)C(=O)N[C@@H](CCCCNc3ccc([N+](=O)[O-])cc3[N+](=O)[O-])C(N)=O)C(C)C)C(C)C)cc(=O)oc2c1. The molecule has 0 radical (unpaired) electrons. The minimum Gasteiger partial charge on any atom is -0.497 e. The second-order valence-electron chi connectivity index (χ2n) is 22.5.